The van der Waals surface area contributed by atoms with Gasteiger partial charge >= 0.3 is 0 Å². The number of methoxy groups -OCH3 is 1. The SMILES string of the molecule is COc1ccccc1-c1cccc(C=Cc2ccccc2)c1OCc1ccccc1. The summed E-state index contributed by atoms with van der Waals surface area (Å²) < 4.78 is 12.0. The zero-order valence-electron chi connectivity index (χ0n) is 17.0. The predicted octanol–water partition coefficient (Wildman–Crippen LogP) is 7.11. The molecule has 4 aromatic carbocycles. The summed E-state index contributed by atoms with van der Waals surface area (Å²) in [6.45, 7) is 0.499. The van der Waals surface area contributed by atoms with E-state index in [9.17, 15) is 0 Å². The van der Waals surface area contributed by atoms with Gasteiger partial charge in [-0.2, -0.15) is 0 Å². The number of hydrogen-bond donors (Lipinski definition) is 0. The van der Waals surface area contributed by atoms with Crippen LogP contribution in [-0.4, -0.2) is 7.11 Å². The lowest BCUT2D eigenvalue weighted by atomic mass is 9.99. The van der Waals surface area contributed by atoms with Gasteiger partial charge < -0.3 is 9.47 Å². The van der Waals surface area contributed by atoms with Crippen molar-refractivity contribution in [1.82, 2.24) is 0 Å². The summed E-state index contributed by atoms with van der Waals surface area (Å²) in [6, 6.07) is 34.8. The molecule has 0 bridgehead atoms. The second-order valence-electron chi connectivity index (χ2n) is 6.94. The lowest BCUT2D eigenvalue weighted by Crippen LogP contribution is -1.99. The molecule has 0 amide bonds. The highest BCUT2D eigenvalue weighted by Gasteiger charge is 2.14. The van der Waals surface area contributed by atoms with Crippen LogP contribution in [0, 0.1) is 0 Å². The van der Waals surface area contributed by atoms with Crippen molar-refractivity contribution in [1.29, 1.82) is 0 Å². The fourth-order valence-corrected chi connectivity index (χ4v) is 3.41. The van der Waals surface area contributed by atoms with E-state index in [0.717, 1.165) is 39.3 Å². The molecule has 0 aliphatic rings. The van der Waals surface area contributed by atoms with Gasteiger partial charge in [-0.3, -0.25) is 0 Å². The molecule has 0 saturated heterocycles. The molecule has 0 radical (unpaired) electrons. The minimum absolute atomic E-state index is 0.499. The van der Waals surface area contributed by atoms with Crippen LogP contribution in [0.1, 0.15) is 16.7 Å². The number of ether oxygens (including phenoxy) is 2. The maximum Gasteiger partial charge on any atom is 0.134 e. The van der Waals surface area contributed by atoms with Crippen molar-refractivity contribution in [3.63, 3.8) is 0 Å². The first-order chi connectivity index (χ1) is 14.8. The lowest BCUT2D eigenvalue weighted by Gasteiger charge is -2.17. The van der Waals surface area contributed by atoms with Gasteiger partial charge in [-0.15, -0.1) is 0 Å². The van der Waals surface area contributed by atoms with Gasteiger partial charge in [0.25, 0.3) is 0 Å². The fraction of sp³-hybridized carbons (Fsp3) is 0.0714. The third-order valence-electron chi connectivity index (χ3n) is 4.92. The van der Waals surface area contributed by atoms with Gasteiger partial charge in [0.1, 0.15) is 18.1 Å². The van der Waals surface area contributed by atoms with Crippen LogP contribution in [0.3, 0.4) is 0 Å². The molecule has 148 valence electrons. The molecule has 30 heavy (non-hydrogen) atoms. The molecule has 0 aliphatic carbocycles. The normalized spacial score (nSPS) is 10.8. The van der Waals surface area contributed by atoms with Crippen LogP contribution < -0.4 is 9.47 Å². The monoisotopic (exact) mass is 392 g/mol. The highest BCUT2D eigenvalue weighted by atomic mass is 16.5. The zero-order chi connectivity index (χ0) is 20.6. The molecule has 0 aromatic heterocycles. The van der Waals surface area contributed by atoms with Gasteiger partial charge in [0, 0.05) is 16.7 Å². The molecule has 0 atom stereocenters. The summed E-state index contributed by atoms with van der Waals surface area (Å²) in [4.78, 5) is 0. The highest BCUT2D eigenvalue weighted by Crippen LogP contribution is 2.39. The lowest BCUT2D eigenvalue weighted by molar-refractivity contribution is 0.306. The van der Waals surface area contributed by atoms with E-state index in [1.54, 1.807) is 7.11 Å². The molecular formula is C28H24O2. The predicted molar refractivity (Wildman–Crippen MR) is 125 cm³/mol. The zero-order valence-corrected chi connectivity index (χ0v) is 17.0. The van der Waals surface area contributed by atoms with E-state index in [2.05, 4.69) is 60.7 Å². The summed E-state index contributed by atoms with van der Waals surface area (Å²) in [7, 11) is 1.70. The first kappa shape index (κ1) is 19.5. The third-order valence-corrected chi connectivity index (χ3v) is 4.92. The Labute approximate surface area is 178 Å². The second-order valence-corrected chi connectivity index (χ2v) is 6.94. The van der Waals surface area contributed by atoms with E-state index in [1.807, 2.05) is 54.6 Å². The maximum absolute atomic E-state index is 6.39. The average molecular weight is 392 g/mol. The molecule has 2 nitrogen and oxygen atoms in total. The van der Waals surface area contributed by atoms with E-state index in [-0.39, 0.29) is 0 Å². The molecule has 2 heteroatoms. The van der Waals surface area contributed by atoms with Crippen LogP contribution in [0.2, 0.25) is 0 Å². The molecule has 4 aromatic rings. The largest absolute Gasteiger partial charge is 0.496 e. The molecule has 0 saturated carbocycles. The molecule has 0 aliphatic heterocycles. The number of hydrogen-bond acceptors (Lipinski definition) is 2. The summed E-state index contributed by atoms with van der Waals surface area (Å²) in [5.74, 6) is 1.67. The van der Waals surface area contributed by atoms with Gasteiger partial charge in [0.15, 0.2) is 0 Å². The van der Waals surface area contributed by atoms with Gasteiger partial charge in [-0.1, -0.05) is 109 Å². The Morgan fingerprint density at radius 3 is 2.07 bits per heavy atom. The Hall–Kier alpha value is -3.78. The maximum atomic E-state index is 6.39. The van der Waals surface area contributed by atoms with E-state index in [4.69, 9.17) is 9.47 Å². The van der Waals surface area contributed by atoms with E-state index in [0.29, 0.717) is 6.61 Å². The molecular weight excluding hydrogens is 368 g/mol. The smallest absolute Gasteiger partial charge is 0.134 e. The van der Waals surface area contributed by atoms with Crippen LogP contribution in [-0.2, 0) is 6.61 Å². The van der Waals surface area contributed by atoms with Crippen LogP contribution in [0.4, 0.5) is 0 Å². The van der Waals surface area contributed by atoms with E-state index < -0.39 is 0 Å². The Morgan fingerprint density at radius 1 is 0.633 bits per heavy atom. The van der Waals surface area contributed by atoms with Gasteiger partial charge in [0.2, 0.25) is 0 Å². The molecule has 0 heterocycles. The van der Waals surface area contributed by atoms with Crippen molar-refractivity contribution in [2.45, 2.75) is 6.61 Å². The van der Waals surface area contributed by atoms with Crippen molar-refractivity contribution >= 4 is 12.2 Å². The Balaban J connectivity index is 1.76. The Bertz CT molecular complexity index is 1120. The van der Waals surface area contributed by atoms with Crippen molar-refractivity contribution in [2.75, 3.05) is 7.11 Å². The standard InChI is InChI=1S/C28H24O2/c1-29-27-18-9-8-16-25(27)26-17-10-15-24(20-19-22-11-4-2-5-12-22)28(26)30-21-23-13-6-3-7-14-23/h2-20H,21H2,1H3. The quantitative estimate of drug-likeness (QED) is 0.312. The van der Waals surface area contributed by atoms with Crippen LogP contribution >= 0.6 is 0 Å². The second kappa shape index (κ2) is 9.62. The minimum Gasteiger partial charge on any atom is -0.496 e. The molecule has 0 N–H and O–H groups in total. The van der Waals surface area contributed by atoms with Crippen LogP contribution in [0.5, 0.6) is 11.5 Å². The molecule has 4 rings (SSSR count). The minimum atomic E-state index is 0.499. The van der Waals surface area contributed by atoms with Crippen molar-refractivity contribution in [2.24, 2.45) is 0 Å². The third kappa shape index (κ3) is 4.61. The molecule has 0 unspecified atom stereocenters. The number of rotatable bonds is 7. The highest BCUT2D eigenvalue weighted by molar-refractivity contribution is 5.82. The summed E-state index contributed by atoms with van der Waals surface area (Å²) >= 11 is 0. The van der Waals surface area contributed by atoms with Crippen molar-refractivity contribution in [3.05, 3.63) is 120 Å². The first-order valence-corrected chi connectivity index (χ1v) is 10.0. The molecule has 0 spiro atoms. The number of para-hydroxylation sites is 2. The topological polar surface area (TPSA) is 18.5 Å². The summed E-state index contributed by atoms with van der Waals surface area (Å²) in [5, 5.41) is 0. The van der Waals surface area contributed by atoms with E-state index in [1.165, 1.54) is 0 Å². The average Bonchev–Trinajstić information content (AvgIpc) is 2.83. The van der Waals surface area contributed by atoms with Crippen LogP contribution in [0.25, 0.3) is 23.3 Å². The summed E-state index contributed by atoms with van der Waals surface area (Å²) in [5.41, 5.74) is 5.33. The van der Waals surface area contributed by atoms with Crippen molar-refractivity contribution in [3.8, 4) is 22.6 Å². The Morgan fingerprint density at radius 2 is 1.30 bits per heavy atom. The van der Waals surface area contributed by atoms with E-state index >= 15 is 0 Å². The fourth-order valence-electron chi connectivity index (χ4n) is 3.41. The number of benzene rings is 4. The van der Waals surface area contributed by atoms with Gasteiger partial charge in [-0.05, 0) is 17.2 Å². The van der Waals surface area contributed by atoms with Crippen molar-refractivity contribution < 1.29 is 9.47 Å². The van der Waals surface area contributed by atoms with Gasteiger partial charge in [-0.25, -0.2) is 0 Å². The van der Waals surface area contributed by atoms with Gasteiger partial charge in [0.05, 0.1) is 7.11 Å². The van der Waals surface area contributed by atoms with Crippen LogP contribution in [0.15, 0.2) is 103 Å². The Kier molecular flexibility index (Phi) is 6.26. The summed E-state index contributed by atoms with van der Waals surface area (Å²) in [6.07, 6.45) is 4.21. The molecule has 0 fully saturated rings. The first-order valence-electron chi connectivity index (χ1n) is 10.0.